The molecule has 1 heterocycles. The number of carbonyl (C=O) groups is 1. The van der Waals surface area contributed by atoms with Crippen molar-refractivity contribution in [2.75, 3.05) is 35.2 Å². The van der Waals surface area contributed by atoms with Crippen molar-refractivity contribution in [3.05, 3.63) is 23.8 Å². The van der Waals surface area contributed by atoms with Gasteiger partial charge in [-0.15, -0.1) is 0 Å². The zero-order valence-electron chi connectivity index (χ0n) is 10.5. The molecule has 0 aliphatic carbocycles. The molecule has 6 nitrogen and oxygen atoms in total. The molecule has 1 aliphatic heterocycles. The average Bonchev–Trinajstić information content (AvgIpc) is 2.51. The number of hydrogen-bond donors (Lipinski definition) is 2. The molecule has 0 saturated carbocycles. The van der Waals surface area contributed by atoms with Crippen LogP contribution in [-0.4, -0.2) is 38.9 Å². The van der Waals surface area contributed by atoms with Crippen LogP contribution in [0.2, 0.25) is 0 Å². The Kier molecular flexibility index (Phi) is 3.66. The molecule has 0 aromatic heterocycles. The van der Waals surface area contributed by atoms with E-state index in [9.17, 15) is 13.2 Å². The average molecular weight is 283 g/mol. The standard InChI is InChI=1S/C12H17N3O3S/c13-10-3-2-9(12(14)16)8-11(10)15-4-1-6-19(17,18)7-5-15/h2-3,8H,1,4-7,13H2,(H2,14,16). The summed E-state index contributed by atoms with van der Waals surface area (Å²) < 4.78 is 23.2. The molecule has 19 heavy (non-hydrogen) atoms. The number of benzene rings is 1. The molecule has 1 saturated heterocycles. The smallest absolute Gasteiger partial charge is 0.248 e. The Morgan fingerprint density at radius 3 is 2.63 bits per heavy atom. The van der Waals surface area contributed by atoms with E-state index in [0.717, 1.165) is 0 Å². The first-order valence-electron chi connectivity index (χ1n) is 6.04. The maximum atomic E-state index is 11.6. The van der Waals surface area contributed by atoms with Crippen LogP contribution in [0, 0.1) is 0 Å². The minimum atomic E-state index is -2.97. The summed E-state index contributed by atoms with van der Waals surface area (Å²) in [4.78, 5) is 13.1. The fourth-order valence-corrected chi connectivity index (χ4v) is 3.42. The monoisotopic (exact) mass is 283 g/mol. The zero-order valence-corrected chi connectivity index (χ0v) is 11.3. The van der Waals surface area contributed by atoms with E-state index in [1.54, 1.807) is 18.2 Å². The molecule has 1 amide bonds. The predicted octanol–water partition coefficient (Wildman–Crippen LogP) is -0.00740. The first kappa shape index (κ1) is 13.7. The van der Waals surface area contributed by atoms with E-state index in [0.29, 0.717) is 36.4 Å². The lowest BCUT2D eigenvalue weighted by Gasteiger charge is -2.24. The van der Waals surface area contributed by atoms with Gasteiger partial charge >= 0.3 is 0 Å². The van der Waals surface area contributed by atoms with E-state index < -0.39 is 15.7 Å². The molecule has 1 aromatic carbocycles. The number of primary amides is 1. The van der Waals surface area contributed by atoms with Gasteiger partial charge in [-0.05, 0) is 24.6 Å². The Balaban J connectivity index is 2.30. The minimum Gasteiger partial charge on any atom is -0.397 e. The van der Waals surface area contributed by atoms with Gasteiger partial charge in [-0.25, -0.2) is 8.42 Å². The minimum absolute atomic E-state index is 0.104. The topological polar surface area (TPSA) is 106 Å². The van der Waals surface area contributed by atoms with Crippen molar-refractivity contribution in [3.8, 4) is 0 Å². The second-order valence-corrected chi connectivity index (χ2v) is 6.93. The summed E-state index contributed by atoms with van der Waals surface area (Å²) >= 11 is 0. The molecule has 1 aliphatic rings. The van der Waals surface area contributed by atoms with Crippen LogP contribution in [0.15, 0.2) is 18.2 Å². The Bertz CT molecular complexity index is 598. The van der Waals surface area contributed by atoms with Crippen molar-refractivity contribution in [1.82, 2.24) is 0 Å². The normalized spacial score (nSPS) is 18.8. The molecule has 104 valence electrons. The van der Waals surface area contributed by atoms with E-state index in [1.807, 2.05) is 4.90 Å². The second-order valence-electron chi connectivity index (χ2n) is 4.63. The molecule has 7 heteroatoms. The van der Waals surface area contributed by atoms with E-state index in [2.05, 4.69) is 0 Å². The number of nitrogens with zero attached hydrogens (tertiary/aromatic N) is 1. The van der Waals surface area contributed by atoms with Crippen LogP contribution in [0.5, 0.6) is 0 Å². The van der Waals surface area contributed by atoms with Crippen LogP contribution in [-0.2, 0) is 9.84 Å². The lowest BCUT2D eigenvalue weighted by atomic mass is 10.1. The van der Waals surface area contributed by atoms with Gasteiger partial charge in [0, 0.05) is 18.7 Å². The van der Waals surface area contributed by atoms with Gasteiger partial charge in [0.15, 0.2) is 9.84 Å². The van der Waals surface area contributed by atoms with Gasteiger partial charge in [-0.3, -0.25) is 4.79 Å². The lowest BCUT2D eigenvalue weighted by Crippen LogP contribution is -2.28. The number of hydrogen-bond acceptors (Lipinski definition) is 5. The van der Waals surface area contributed by atoms with Crippen molar-refractivity contribution >= 4 is 27.1 Å². The highest BCUT2D eigenvalue weighted by Crippen LogP contribution is 2.26. The maximum Gasteiger partial charge on any atom is 0.248 e. The first-order chi connectivity index (χ1) is 8.89. The Morgan fingerprint density at radius 2 is 1.95 bits per heavy atom. The number of amides is 1. The maximum absolute atomic E-state index is 11.6. The highest BCUT2D eigenvalue weighted by molar-refractivity contribution is 7.91. The van der Waals surface area contributed by atoms with Gasteiger partial charge in [-0.2, -0.15) is 0 Å². The van der Waals surface area contributed by atoms with Gasteiger partial charge in [0.05, 0.1) is 22.9 Å². The molecular formula is C12H17N3O3S. The number of sulfone groups is 1. The third-order valence-corrected chi connectivity index (χ3v) is 4.93. The molecule has 1 fully saturated rings. The molecule has 0 radical (unpaired) electrons. The van der Waals surface area contributed by atoms with Crippen molar-refractivity contribution < 1.29 is 13.2 Å². The number of rotatable bonds is 2. The SMILES string of the molecule is NC(=O)c1ccc(N)c(N2CCCS(=O)(=O)CC2)c1. The molecule has 0 unspecified atom stereocenters. The van der Waals surface area contributed by atoms with Gasteiger partial charge in [0.2, 0.25) is 5.91 Å². The molecule has 2 rings (SSSR count). The largest absolute Gasteiger partial charge is 0.397 e. The Hall–Kier alpha value is -1.76. The van der Waals surface area contributed by atoms with Crippen molar-refractivity contribution in [2.45, 2.75) is 6.42 Å². The summed E-state index contributed by atoms with van der Waals surface area (Å²) in [5.74, 6) is -0.227. The fraction of sp³-hybridized carbons (Fsp3) is 0.417. The van der Waals surface area contributed by atoms with Gasteiger partial charge in [0.1, 0.15) is 0 Å². The molecule has 0 spiro atoms. The van der Waals surface area contributed by atoms with Crippen LogP contribution in [0.25, 0.3) is 0 Å². The van der Waals surface area contributed by atoms with Crippen molar-refractivity contribution in [1.29, 1.82) is 0 Å². The van der Waals surface area contributed by atoms with E-state index in [1.165, 1.54) is 0 Å². The highest BCUT2D eigenvalue weighted by atomic mass is 32.2. The van der Waals surface area contributed by atoms with Crippen LogP contribution < -0.4 is 16.4 Å². The summed E-state index contributed by atoms with van der Waals surface area (Å²) in [6, 6.07) is 4.81. The van der Waals surface area contributed by atoms with Crippen LogP contribution in [0.4, 0.5) is 11.4 Å². The molecule has 0 bridgehead atoms. The highest BCUT2D eigenvalue weighted by Gasteiger charge is 2.21. The lowest BCUT2D eigenvalue weighted by molar-refractivity contribution is 0.100. The predicted molar refractivity (Wildman–Crippen MR) is 74.9 cm³/mol. The summed E-state index contributed by atoms with van der Waals surface area (Å²) in [6.45, 7) is 0.987. The summed E-state index contributed by atoms with van der Waals surface area (Å²) in [5.41, 5.74) is 12.7. The third-order valence-electron chi connectivity index (χ3n) is 3.21. The van der Waals surface area contributed by atoms with Gasteiger partial charge < -0.3 is 16.4 Å². The summed E-state index contributed by atoms with van der Waals surface area (Å²) in [6.07, 6.45) is 0.558. The molecule has 4 N–H and O–H groups in total. The van der Waals surface area contributed by atoms with Crippen molar-refractivity contribution in [2.24, 2.45) is 5.73 Å². The van der Waals surface area contributed by atoms with Crippen LogP contribution in [0.3, 0.4) is 0 Å². The third kappa shape index (κ3) is 3.17. The summed E-state index contributed by atoms with van der Waals surface area (Å²) in [7, 11) is -2.97. The first-order valence-corrected chi connectivity index (χ1v) is 7.86. The molecular weight excluding hydrogens is 266 g/mol. The zero-order chi connectivity index (χ0) is 14.0. The number of anilines is 2. The van der Waals surface area contributed by atoms with Crippen LogP contribution >= 0.6 is 0 Å². The molecule has 0 atom stereocenters. The quantitative estimate of drug-likeness (QED) is 0.743. The number of carbonyl (C=O) groups excluding carboxylic acids is 1. The summed E-state index contributed by atoms with van der Waals surface area (Å²) in [5, 5.41) is 0. The molecule has 1 aromatic rings. The second kappa shape index (κ2) is 5.08. The van der Waals surface area contributed by atoms with E-state index in [4.69, 9.17) is 11.5 Å². The van der Waals surface area contributed by atoms with Crippen molar-refractivity contribution in [3.63, 3.8) is 0 Å². The van der Waals surface area contributed by atoms with Gasteiger partial charge in [0.25, 0.3) is 0 Å². The number of nitrogens with two attached hydrogens (primary N) is 2. The van der Waals surface area contributed by atoms with E-state index >= 15 is 0 Å². The Labute approximate surface area is 112 Å². The van der Waals surface area contributed by atoms with Crippen LogP contribution in [0.1, 0.15) is 16.8 Å². The number of nitrogen functional groups attached to an aromatic ring is 1. The van der Waals surface area contributed by atoms with E-state index in [-0.39, 0.29) is 11.5 Å². The Morgan fingerprint density at radius 1 is 1.21 bits per heavy atom. The fourth-order valence-electron chi connectivity index (χ4n) is 2.15. The van der Waals surface area contributed by atoms with Gasteiger partial charge in [-0.1, -0.05) is 0 Å².